The Morgan fingerprint density at radius 3 is 2.40 bits per heavy atom. The smallest absolute Gasteiger partial charge is 0.261 e. The highest BCUT2D eigenvalue weighted by Crippen LogP contribution is 2.27. The zero-order valence-electron chi connectivity index (χ0n) is 15.6. The van der Waals surface area contributed by atoms with Crippen LogP contribution in [0.4, 0.5) is 0 Å². The zero-order chi connectivity index (χ0) is 18.4. The van der Waals surface area contributed by atoms with Crippen LogP contribution in [0.5, 0.6) is 11.5 Å². The summed E-state index contributed by atoms with van der Waals surface area (Å²) in [6.45, 7) is 7.96. The molecule has 0 heterocycles. The number of ether oxygens (including phenoxy) is 2. The lowest BCUT2D eigenvalue weighted by Gasteiger charge is -2.23. The maximum absolute atomic E-state index is 12.6. The first-order valence-electron chi connectivity index (χ1n) is 8.63. The summed E-state index contributed by atoms with van der Waals surface area (Å²) < 4.78 is 11.1. The summed E-state index contributed by atoms with van der Waals surface area (Å²) in [6.07, 6.45) is 0.202. The van der Waals surface area contributed by atoms with Gasteiger partial charge in [0.2, 0.25) is 0 Å². The summed E-state index contributed by atoms with van der Waals surface area (Å²) in [7, 11) is 1.58. The van der Waals surface area contributed by atoms with Crippen molar-refractivity contribution in [2.75, 3.05) is 7.11 Å². The minimum atomic E-state index is -0.615. The average Bonchev–Trinajstić information content (AvgIpc) is 2.60. The Morgan fingerprint density at radius 1 is 1.12 bits per heavy atom. The molecule has 1 amide bonds. The fourth-order valence-electron chi connectivity index (χ4n) is 2.87. The number of para-hydroxylation sites is 2. The number of aryl methyl sites for hydroxylation is 2. The van der Waals surface area contributed by atoms with Crippen LogP contribution in [-0.2, 0) is 4.79 Å². The van der Waals surface area contributed by atoms with Gasteiger partial charge in [-0.15, -0.1) is 0 Å². The molecule has 2 rings (SSSR count). The third-order valence-electron chi connectivity index (χ3n) is 4.27. The second-order valence-electron chi connectivity index (χ2n) is 6.24. The van der Waals surface area contributed by atoms with E-state index in [1.165, 1.54) is 11.1 Å². The summed E-state index contributed by atoms with van der Waals surface area (Å²) in [6, 6.07) is 13.6. The normalized spacial score (nSPS) is 13.0. The molecule has 0 aliphatic rings. The molecular weight excluding hydrogens is 314 g/mol. The number of rotatable bonds is 7. The van der Waals surface area contributed by atoms with Crippen LogP contribution >= 0.6 is 0 Å². The Bertz CT molecular complexity index is 727. The summed E-state index contributed by atoms with van der Waals surface area (Å²) in [5.74, 6) is 1.04. The third kappa shape index (κ3) is 4.75. The maximum Gasteiger partial charge on any atom is 0.261 e. The highest BCUT2D eigenvalue weighted by Gasteiger charge is 2.21. The van der Waals surface area contributed by atoms with Crippen LogP contribution in [0.1, 0.15) is 43.0 Å². The van der Waals surface area contributed by atoms with Crippen molar-refractivity contribution >= 4 is 5.91 Å². The minimum Gasteiger partial charge on any atom is -0.493 e. The van der Waals surface area contributed by atoms with Crippen molar-refractivity contribution in [3.63, 3.8) is 0 Å². The quantitative estimate of drug-likeness (QED) is 0.814. The fraction of sp³-hybridized carbons (Fsp3) is 0.381. The molecule has 0 radical (unpaired) electrons. The van der Waals surface area contributed by atoms with E-state index in [1.807, 2.05) is 18.2 Å². The molecule has 1 N–H and O–H groups in total. The van der Waals surface area contributed by atoms with Crippen molar-refractivity contribution in [1.82, 2.24) is 5.32 Å². The van der Waals surface area contributed by atoms with Crippen LogP contribution < -0.4 is 14.8 Å². The van der Waals surface area contributed by atoms with Crippen molar-refractivity contribution in [3.05, 3.63) is 59.2 Å². The van der Waals surface area contributed by atoms with Crippen LogP contribution in [0.3, 0.4) is 0 Å². The molecule has 0 bridgehead atoms. The summed E-state index contributed by atoms with van der Waals surface area (Å²) in [4.78, 5) is 12.6. The first kappa shape index (κ1) is 18.8. The Hall–Kier alpha value is -2.49. The topological polar surface area (TPSA) is 47.6 Å². The van der Waals surface area contributed by atoms with Gasteiger partial charge in [-0.3, -0.25) is 4.79 Å². The van der Waals surface area contributed by atoms with E-state index >= 15 is 0 Å². The van der Waals surface area contributed by atoms with E-state index in [0.29, 0.717) is 11.5 Å². The van der Waals surface area contributed by atoms with Crippen LogP contribution in [0.2, 0.25) is 0 Å². The van der Waals surface area contributed by atoms with E-state index in [0.717, 1.165) is 12.0 Å². The Labute approximate surface area is 150 Å². The largest absolute Gasteiger partial charge is 0.493 e. The monoisotopic (exact) mass is 341 g/mol. The molecule has 0 spiro atoms. The lowest BCUT2D eigenvalue weighted by Crippen LogP contribution is -2.38. The fourth-order valence-corrected chi connectivity index (χ4v) is 2.87. The summed E-state index contributed by atoms with van der Waals surface area (Å²) >= 11 is 0. The summed E-state index contributed by atoms with van der Waals surface area (Å²) in [5.41, 5.74) is 3.55. The molecule has 0 aromatic heterocycles. The predicted molar refractivity (Wildman–Crippen MR) is 100 cm³/mol. The molecule has 4 heteroatoms. The van der Waals surface area contributed by atoms with Crippen molar-refractivity contribution in [1.29, 1.82) is 0 Å². The molecule has 25 heavy (non-hydrogen) atoms. The van der Waals surface area contributed by atoms with Crippen LogP contribution in [0.25, 0.3) is 0 Å². The SMILES string of the molecule is CC[C@H](NC(=O)[C@H](C)Oc1ccccc1OC)c1ccc(C)cc1C. The van der Waals surface area contributed by atoms with Crippen molar-refractivity contribution < 1.29 is 14.3 Å². The molecule has 0 unspecified atom stereocenters. The average molecular weight is 341 g/mol. The van der Waals surface area contributed by atoms with Gasteiger partial charge in [-0.05, 0) is 50.5 Å². The number of hydrogen-bond donors (Lipinski definition) is 1. The first-order valence-corrected chi connectivity index (χ1v) is 8.63. The summed E-state index contributed by atoms with van der Waals surface area (Å²) in [5, 5.41) is 3.10. The van der Waals surface area contributed by atoms with Crippen LogP contribution in [0.15, 0.2) is 42.5 Å². The van der Waals surface area contributed by atoms with Crippen LogP contribution in [-0.4, -0.2) is 19.1 Å². The molecule has 134 valence electrons. The molecule has 0 fully saturated rings. The molecular formula is C21H27NO3. The van der Waals surface area contributed by atoms with Gasteiger partial charge in [-0.2, -0.15) is 0 Å². The first-order chi connectivity index (χ1) is 12.0. The number of amides is 1. The van der Waals surface area contributed by atoms with Crippen LogP contribution in [0, 0.1) is 13.8 Å². The standard InChI is InChI=1S/C21H27NO3/c1-6-18(17-12-11-14(2)13-15(17)3)22-21(23)16(4)25-20-10-8-7-9-19(20)24-5/h7-13,16,18H,6H2,1-5H3,(H,22,23)/t16-,18-/m0/s1. The van der Waals surface area contributed by atoms with E-state index in [2.05, 4.69) is 44.3 Å². The molecule has 0 saturated carbocycles. The van der Waals surface area contributed by atoms with Gasteiger partial charge < -0.3 is 14.8 Å². The van der Waals surface area contributed by atoms with E-state index in [1.54, 1.807) is 20.1 Å². The van der Waals surface area contributed by atoms with Crippen molar-refractivity contribution in [2.24, 2.45) is 0 Å². The number of nitrogens with one attached hydrogen (secondary N) is 1. The van der Waals surface area contributed by atoms with Gasteiger partial charge in [0.1, 0.15) is 0 Å². The van der Waals surface area contributed by atoms with E-state index in [4.69, 9.17) is 9.47 Å². The molecule has 0 aliphatic heterocycles. The van der Waals surface area contributed by atoms with E-state index < -0.39 is 6.10 Å². The minimum absolute atomic E-state index is 0.0307. The maximum atomic E-state index is 12.6. The predicted octanol–water partition coefficient (Wildman–Crippen LogP) is 4.35. The van der Waals surface area contributed by atoms with Gasteiger partial charge in [0.25, 0.3) is 5.91 Å². The van der Waals surface area contributed by atoms with Gasteiger partial charge in [0.15, 0.2) is 17.6 Å². The van der Waals surface area contributed by atoms with Crippen molar-refractivity contribution in [2.45, 2.75) is 46.3 Å². The number of carbonyl (C=O) groups excluding carboxylic acids is 1. The number of carbonyl (C=O) groups is 1. The molecule has 2 aromatic carbocycles. The second-order valence-corrected chi connectivity index (χ2v) is 6.24. The van der Waals surface area contributed by atoms with Gasteiger partial charge in [-0.25, -0.2) is 0 Å². The van der Waals surface area contributed by atoms with Gasteiger partial charge in [-0.1, -0.05) is 42.8 Å². The van der Waals surface area contributed by atoms with Gasteiger partial charge in [0.05, 0.1) is 13.2 Å². The Balaban J connectivity index is 2.08. The third-order valence-corrected chi connectivity index (χ3v) is 4.27. The second kappa shape index (κ2) is 8.56. The van der Waals surface area contributed by atoms with Gasteiger partial charge >= 0.3 is 0 Å². The lowest BCUT2D eigenvalue weighted by atomic mass is 9.97. The van der Waals surface area contributed by atoms with Gasteiger partial charge in [0, 0.05) is 0 Å². The Kier molecular flexibility index (Phi) is 6.45. The van der Waals surface area contributed by atoms with Crippen molar-refractivity contribution in [3.8, 4) is 11.5 Å². The van der Waals surface area contributed by atoms with E-state index in [-0.39, 0.29) is 11.9 Å². The number of benzene rings is 2. The lowest BCUT2D eigenvalue weighted by molar-refractivity contribution is -0.128. The molecule has 4 nitrogen and oxygen atoms in total. The number of hydrogen-bond acceptors (Lipinski definition) is 3. The highest BCUT2D eigenvalue weighted by atomic mass is 16.5. The molecule has 0 saturated heterocycles. The number of methoxy groups -OCH3 is 1. The highest BCUT2D eigenvalue weighted by molar-refractivity contribution is 5.81. The molecule has 2 aromatic rings. The molecule has 0 aliphatic carbocycles. The zero-order valence-corrected chi connectivity index (χ0v) is 15.6. The van der Waals surface area contributed by atoms with E-state index in [9.17, 15) is 4.79 Å². The Morgan fingerprint density at radius 2 is 1.80 bits per heavy atom. The molecule has 2 atom stereocenters.